The molecule has 0 aliphatic heterocycles. The maximum absolute atomic E-state index is 12.4. The molecule has 1 aliphatic carbocycles. The Balaban J connectivity index is 1.57. The van der Waals surface area contributed by atoms with Gasteiger partial charge in [0.1, 0.15) is 12.0 Å². The van der Waals surface area contributed by atoms with Gasteiger partial charge in [-0.2, -0.15) is 5.10 Å². The number of carbonyl (C=O) groups excluding carboxylic acids is 1. The number of aryl methyl sites for hydroxylation is 1. The standard InChI is InChI=1S/C18H20N6O3/c1-23-10-15(24(26)27)16(22-23)18(25)19-12-7-8-13-14(9-12)21-17(20-13)11-5-3-2-4-6-11/h7-11H,2-6H2,1H3,(H,19,25)(H,20,21). The molecule has 0 radical (unpaired) electrons. The lowest BCUT2D eigenvalue weighted by Gasteiger charge is -2.18. The highest BCUT2D eigenvalue weighted by atomic mass is 16.6. The highest BCUT2D eigenvalue weighted by molar-refractivity contribution is 6.06. The van der Waals surface area contributed by atoms with Crippen molar-refractivity contribution in [2.75, 3.05) is 5.32 Å². The molecule has 0 atom stereocenters. The van der Waals surface area contributed by atoms with E-state index in [2.05, 4.69) is 20.4 Å². The number of anilines is 1. The molecule has 4 rings (SSSR count). The molecule has 3 aromatic rings. The van der Waals surface area contributed by atoms with Crippen LogP contribution < -0.4 is 5.32 Å². The fraction of sp³-hybridized carbons (Fsp3) is 0.389. The number of aromatic amines is 1. The molecular weight excluding hydrogens is 348 g/mol. The van der Waals surface area contributed by atoms with Crippen molar-refractivity contribution in [1.29, 1.82) is 0 Å². The molecule has 2 aromatic heterocycles. The maximum atomic E-state index is 12.4. The number of hydrogen-bond acceptors (Lipinski definition) is 5. The van der Waals surface area contributed by atoms with Gasteiger partial charge in [0.2, 0.25) is 5.69 Å². The highest BCUT2D eigenvalue weighted by Gasteiger charge is 2.25. The van der Waals surface area contributed by atoms with Crippen LogP contribution in [0.1, 0.15) is 54.3 Å². The van der Waals surface area contributed by atoms with Crippen molar-refractivity contribution < 1.29 is 9.72 Å². The monoisotopic (exact) mass is 368 g/mol. The van der Waals surface area contributed by atoms with E-state index in [4.69, 9.17) is 0 Å². The first-order chi connectivity index (χ1) is 13.0. The van der Waals surface area contributed by atoms with Crippen LogP contribution in [0.5, 0.6) is 0 Å². The van der Waals surface area contributed by atoms with Crippen LogP contribution in [0, 0.1) is 10.1 Å². The summed E-state index contributed by atoms with van der Waals surface area (Å²) in [5, 5.41) is 17.7. The minimum Gasteiger partial charge on any atom is -0.342 e. The SMILES string of the molecule is Cn1cc([N+](=O)[O-])c(C(=O)Nc2ccc3nc(C4CCCCC4)[nH]c3c2)n1. The molecule has 0 unspecified atom stereocenters. The number of nitrogens with zero attached hydrogens (tertiary/aromatic N) is 4. The van der Waals surface area contributed by atoms with Gasteiger partial charge in [-0.05, 0) is 31.0 Å². The highest BCUT2D eigenvalue weighted by Crippen LogP contribution is 2.32. The number of aromatic nitrogens is 4. The van der Waals surface area contributed by atoms with E-state index >= 15 is 0 Å². The minimum atomic E-state index is -0.617. The van der Waals surface area contributed by atoms with Crippen molar-refractivity contribution in [3.8, 4) is 0 Å². The molecule has 0 spiro atoms. The molecule has 9 nitrogen and oxygen atoms in total. The zero-order valence-corrected chi connectivity index (χ0v) is 14.9. The van der Waals surface area contributed by atoms with Gasteiger partial charge in [0.15, 0.2) is 0 Å². The number of benzene rings is 1. The third kappa shape index (κ3) is 3.40. The number of hydrogen-bond donors (Lipinski definition) is 2. The topological polar surface area (TPSA) is 119 Å². The molecule has 2 N–H and O–H groups in total. The molecule has 1 aliphatic rings. The lowest BCUT2D eigenvalue weighted by atomic mass is 9.89. The Kier molecular flexibility index (Phi) is 4.35. The quantitative estimate of drug-likeness (QED) is 0.539. The largest absolute Gasteiger partial charge is 0.342 e. The number of rotatable bonds is 4. The molecule has 1 saturated carbocycles. The van der Waals surface area contributed by atoms with Crippen LogP contribution >= 0.6 is 0 Å². The average molecular weight is 368 g/mol. The van der Waals surface area contributed by atoms with Crippen LogP contribution in [-0.4, -0.2) is 30.6 Å². The first-order valence-corrected chi connectivity index (χ1v) is 9.00. The normalized spacial score (nSPS) is 15.1. The van der Waals surface area contributed by atoms with E-state index in [1.54, 1.807) is 12.1 Å². The van der Waals surface area contributed by atoms with Crippen molar-refractivity contribution in [2.45, 2.75) is 38.0 Å². The molecule has 27 heavy (non-hydrogen) atoms. The Hall–Kier alpha value is -3.23. The summed E-state index contributed by atoms with van der Waals surface area (Å²) < 4.78 is 1.25. The number of nitro groups is 1. The summed E-state index contributed by atoms with van der Waals surface area (Å²) in [5.41, 5.74) is 1.68. The summed E-state index contributed by atoms with van der Waals surface area (Å²) in [4.78, 5) is 30.9. The Morgan fingerprint density at radius 2 is 2.11 bits per heavy atom. The second kappa shape index (κ2) is 6.82. The van der Waals surface area contributed by atoms with Crippen LogP contribution in [0.2, 0.25) is 0 Å². The number of nitrogens with one attached hydrogen (secondary N) is 2. The Morgan fingerprint density at radius 1 is 1.33 bits per heavy atom. The minimum absolute atomic E-state index is 0.213. The fourth-order valence-electron chi connectivity index (χ4n) is 3.64. The third-order valence-electron chi connectivity index (χ3n) is 4.97. The first-order valence-electron chi connectivity index (χ1n) is 9.00. The predicted molar refractivity (Wildman–Crippen MR) is 99.7 cm³/mol. The smallest absolute Gasteiger partial charge is 0.320 e. The van der Waals surface area contributed by atoms with E-state index < -0.39 is 10.8 Å². The Labute approximate surface area is 154 Å². The second-order valence-corrected chi connectivity index (χ2v) is 6.94. The van der Waals surface area contributed by atoms with E-state index in [9.17, 15) is 14.9 Å². The summed E-state index contributed by atoms with van der Waals surface area (Å²) in [6.07, 6.45) is 7.24. The zero-order valence-electron chi connectivity index (χ0n) is 14.9. The summed E-state index contributed by atoms with van der Waals surface area (Å²) >= 11 is 0. The third-order valence-corrected chi connectivity index (χ3v) is 4.97. The number of fused-ring (bicyclic) bond motifs is 1. The van der Waals surface area contributed by atoms with Crippen molar-refractivity contribution in [3.05, 3.63) is 46.0 Å². The Morgan fingerprint density at radius 3 is 2.85 bits per heavy atom. The van der Waals surface area contributed by atoms with Gasteiger partial charge in [0.25, 0.3) is 5.91 Å². The van der Waals surface area contributed by atoms with Gasteiger partial charge in [0, 0.05) is 18.7 Å². The van der Waals surface area contributed by atoms with Gasteiger partial charge in [-0.1, -0.05) is 19.3 Å². The van der Waals surface area contributed by atoms with Crippen molar-refractivity contribution in [2.24, 2.45) is 7.05 Å². The van der Waals surface area contributed by atoms with Crippen LogP contribution in [-0.2, 0) is 7.05 Å². The zero-order chi connectivity index (χ0) is 19.0. The molecular formula is C18H20N6O3. The summed E-state index contributed by atoms with van der Waals surface area (Å²) in [6.45, 7) is 0. The maximum Gasteiger partial charge on any atom is 0.320 e. The van der Waals surface area contributed by atoms with Crippen LogP contribution in [0.15, 0.2) is 24.4 Å². The molecule has 0 saturated heterocycles. The molecule has 0 bridgehead atoms. The first kappa shape index (κ1) is 17.2. The summed E-state index contributed by atoms with van der Waals surface area (Å²) in [7, 11) is 1.53. The van der Waals surface area contributed by atoms with Gasteiger partial charge >= 0.3 is 5.69 Å². The van der Waals surface area contributed by atoms with E-state index in [-0.39, 0.29) is 11.4 Å². The van der Waals surface area contributed by atoms with Crippen molar-refractivity contribution in [3.63, 3.8) is 0 Å². The van der Waals surface area contributed by atoms with Crippen LogP contribution in [0.3, 0.4) is 0 Å². The van der Waals surface area contributed by atoms with E-state index in [1.165, 1.54) is 37.2 Å². The van der Waals surface area contributed by atoms with Gasteiger partial charge in [-0.3, -0.25) is 19.6 Å². The lowest BCUT2D eigenvalue weighted by Crippen LogP contribution is -2.14. The molecule has 1 amide bonds. The lowest BCUT2D eigenvalue weighted by molar-refractivity contribution is -0.385. The van der Waals surface area contributed by atoms with E-state index in [1.807, 2.05) is 6.07 Å². The number of imidazole rings is 1. The van der Waals surface area contributed by atoms with Gasteiger partial charge < -0.3 is 10.3 Å². The molecule has 1 fully saturated rings. The summed E-state index contributed by atoms with van der Waals surface area (Å²) in [6, 6.07) is 5.36. The predicted octanol–water partition coefficient (Wildman–Crippen LogP) is 3.50. The van der Waals surface area contributed by atoms with E-state index in [0.29, 0.717) is 11.6 Å². The van der Waals surface area contributed by atoms with Crippen LogP contribution in [0.4, 0.5) is 11.4 Å². The molecule has 1 aromatic carbocycles. The van der Waals surface area contributed by atoms with E-state index in [0.717, 1.165) is 29.7 Å². The number of amides is 1. The Bertz CT molecular complexity index is 1020. The molecule has 140 valence electrons. The summed E-state index contributed by atoms with van der Waals surface area (Å²) in [5.74, 6) is 0.836. The van der Waals surface area contributed by atoms with Crippen molar-refractivity contribution >= 4 is 28.3 Å². The molecule has 9 heteroatoms. The molecule has 2 heterocycles. The van der Waals surface area contributed by atoms with Crippen LogP contribution in [0.25, 0.3) is 11.0 Å². The number of carbonyl (C=O) groups is 1. The van der Waals surface area contributed by atoms with Crippen molar-refractivity contribution in [1.82, 2.24) is 19.7 Å². The number of H-pyrrole nitrogens is 1. The average Bonchev–Trinajstić information content (AvgIpc) is 3.25. The fourth-order valence-corrected chi connectivity index (χ4v) is 3.64. The van der Waals surface area contributed by atoms with Gasteiger partial charge in [-0.15, -0.1) is 0 Å². The second-order valence-electron chi connectivity index (χ2n) is 6.94. The van der Waals surface area contributed by atoms with Gasteiger partial charge in [0.05, 0.1) is 16.0 Å². The van der Waals surface area contributed by atoms with Gasteiger partial charge in [-0.25, -0.2) is 4.98 Å².